The standard InChI is InChI=1S/C17H18N2O4/c1-11-4-7-14(8-5-11)18-17(20)13(3)23-16-9-6-12(2)10-15(16)19(21)22/h4-10,13H,1-3H3,(H,18,20)/t13-/m0/s1. The van der Waals surface area contributed by atoms with Crippen LogP contribution in [0.1, 0.15) is 18.1 Å². The van der Waals surface area contributed by atoms with Crippen molar-refractivity contribution in [2.45, 2.75) is 26.9 Å². The Labute approximate surface area is 134 Å². The van der Waals surface area contributed by atoms with Gasteiger partial charge >= 0.3 is 5.69 Å². The highest BCUT2D eigenvalue weighted by atomic mass is 16.6. The van der Waals surface area contributed by atoms with Gasteiger partial charge in [0.2, 0.25) is 0 Å². The molecule has 1 amide bonds. The Morgan fingerprint density at radius 1 is 1.13 bits per heavy atom. The molecule has 6 heteroatoms. The van der Waals surface area contributed by atoms with E-state index in [4.69, 9.17) is 4.74 Å². The molecule has 0 aliphatic carbocycles. The van der Waals surface area contributed by atoms with E-state index >= 15 is 0 Å². The van der Waals surface area contributed by atoms with Crippen LogP contribution in [0.25, 0.3) is 0 Å². The summed E-state index contributed by atoms with van der Waals surface area (Å²) >= 11 is 0. The van der Waals surface area contributed by atoms with Crippen molar-refractivity contribution in [2.24, 2.45) is 0 Å². The molecule has 6 nitrogen and oxygen atoms in total. The maximum atomic E-state index is 12.1. The smallest absolute Gasteiger partial charge is 0.311 e. The SMILES string of the molecule is Cc1ccc(NC(=O)[C@H](C)Oc2ccc(C)cc2[N+](=O)[O-])cc1. The van der Waals surface area contributed by atoms with Gasteiger partial charge in [-0.2, -0.15) is 0 Å². The second kappa shape index (κ2) is 6.91. The number of nitrogens with one attached hydrogen (secondary N) is 1. The number of nitro groups is 1. The lowest BCUT2D eigenvalue weighted by Crippen LogP contribution is -2.30. The molecular weight excluding hydrogens is 296 g/mol. The van der Waals surface area contributed by atoms with Crippen LogP contribution in [0.4, 0.5) is 11.4 Å². The van der Waals surface area contributed by atoms with Crippen molar-refractivity contribution < 1.29 is 14.5 Å². The maximum absolute atomic E-state index is 12.1. The van der Waals surface area contributed by atoms with E-state index in [2.05, 4.69) is 5.32 Å². The summed E-state index contributed by atoms with van der Waals surface area (Å²) in [6.45, 7) is 5.26. The van der Waals surface area contributed by atoms with Gasteiger partial charge in [-0.3, -0.25) is 14.9 Å². The number of aryl methyl sites for hydroxylation is 2. The number of rotatable bonds is 5. The molecular formula is C17H18N2O4. The molecule has 0 aliphatic rings. The number of nitrogens with zero attached hydrogens (tertiary/aromatic N) is 1. The van der Waals surface area contributed by atoms with Crippen LogP contribution < -0.4 is 10.1 Å². The number of ether oxygens (including phenoxy) is 1. The lowest BCUT2D eigenvalue weighted by atomic mass is 10.2. The minimum Gasteiger partial charge on any atom is -0.474 e. The van der Waals surface area contributed by atoms with Crippen molar-refractivity contribution in [2.75, 3.05) is 5.32 Å². The molecule has 0 heterocycles. The number of anilines is 1. The number of hydrogen-bond acceptors (Lipinski definition) is 4. The summed E-state index contributed by atoms with van der Waals surface area (Å²) < 4.78 is 5.47. The third-order valence-corrected chi connectivity index (χ3v) is 3.30. The van der Waals surface area contributed by atoms with Crippen LogP contribution in [0.3, 0.4) is 0 Å². The van der Waals surface area contributed by atoms with Crippen LogP contribution in [0.5, 0.6) is 5.75 Å². The average molecular weight is 314 g/mol. The van der Waals surface area contributed by atoms with Gasteiger partial charge in [-0.05, 0) is 44.5 Å². The normalized spacial score (nSPS) is 11.6. The topological polar surface area (TPSA) is 81.5 Å². The largest absolute Gasteiger partial charge is 0.474 e. The lowest BCUT2D eigenvalue weighted by Gasteiger charge is -2.15. The molecule has 1 atom stereocenters. The Hall–Kier alpha value is -2.89. The third kappa shape index (κ3) is 4.29. The molecule has 0 fully saturated rings. The summed E-state index contributed by atoms with van der Waals surface area (Å²) in [5.41, 5.74) is 2.33. The second-order valence-corrected chi connectivity index (χ2v) is 5.34. The number of amides is 1. The fraction of sp³-hybridized carbons (Fsp3) is 0.235. The average Bonchev–Trinajstić information content (AvgIpc) is 2.51. The lowest BCUT2D eigenvalue weighted by molar-refractivity contribution is -0.386. The first-order valence-electron chi connectivity index (χ1n) is 7.16. The summed E-state index contributed by atoms with van der Waals surface area (Å²) in [5.74, 6) is -0.295. The molecule has 0 aromatic heterocycles. The van der Waals surface area contributed by atoms with Gasteiger partial charge in [0.05, 0.1) is 4.92 Å². The van der Waals surface area contributed by atoms with Crippen molar-refractivity contribution in [3.63, 3.8) is 0 Å². The number of carbonyl (C=O) groups excluding carboxylic acids is 1. The van der Waals surface area contributed by atoms with E-state index in [-0.39, 0.29) is 17.3 Å². The van der Waals surface area contributed by atoms with Gasteiger partial charge in [-0.25, -0.2) is 0 Å². The Bertz CT molecular complexity index is 726. The van der Waals surface area contributed by atoms with Crippen molar-refractivity contribution in [3.8, 4) is 5.75 Å². The first-order chi connectivity index (χ1) is 10.9. The fourth-order valence-corrected chi connectivity index (χ4v) is 1.99. The molecule has 120 valence electrons. The van der Waals surface area contributed by atoms with Crippen molar-refractivity contribution in [1.29, 1.82) is 0 Å². The van der Waals surface area contributed by atoms with E-state index in [0.29, 0.717) is 5.69 Å². The van der Waals surface area contributed by atoms with E-state index in [0.717, 1.165) is 11.1 Å². The van der Waals surface area contributed by atoms with Gasteiger partial charge in [-0.15, -0.1) is 0 Å². The van der Waals surface area contributed by atoms with Crippen LogP contribution in [0, 0.1) is 24.0 Å². The third-order valence-electron chi connectivity index (χ3n) is 3.30. The molecule has 0 saturated heterocycles. The summed E-state index contributed by atoms with van der Waals surface area (Å²) in [6, 6.07) is 12.0. The number of nitro benzene ring substituents is 1. The monoisotopic (exact) mass is 314 g/mol. The van der Waals surface area contributed by atoms with Crippen LogP contribution in [-0.2, 0) is 4.79 Å². The fourth-order valence-electron chi connectivity index (χ4n) is 1.99. The van der Waals surface area contributed by atoms with Gasteiger partial charge in [0.25, 0.3) is 5.91 Å². The first kappa shape index (κ1) is 16.5. The quantitative estimate of drug-likeness (QED) is 0.675. The second-order valence-electron chi connectivity index (χ2n) is 5.34. The molecule has 0 bridgehead atoms. The number of benzene rings is 2. The van der Waals surface area contributed by atoms with Gasteiger partial charge in [0.15, 0.2) is 11.9 Å². The van der Waals surface area contributed by atoms with Gasteiger partial charge in [0, 0.05) is 11.8 Å². The van der Waals surface area contributed by atoms with Crippen molar-refractivity contribution in [3.05, 3.63) is 63.7 Å². The Balaban J connectivity index is 2.09. The van der Waals surface area contributed by atoms with Crippen LogP contribution in [0.15, 0.2) is 42.5 Å². The Kier molecular flexibility index (Phi) is 4.95. The predicted molar refractivity (Wildman–Crippen MR) is 87.7 cm³/mol. The van der Waals surface area contributed by atoms with E-state index in [1.807, 2.05) is 19.1 Å². The van der Waals surface area contributed by atoms with E-state index < -0.39 is 11.0 Å². The van der Waals surface area contributed by atoms with Crippen LogP contribution in [0.2, 0.25) is 0 Å². The minimum atomic E-state index is -0.863. The highest BCUT2D eigenvalue weighted by molar-refractivity contribution is 5.94. The number of hydrogen-bond donors (Lipinski definition) is 1. The molecule has 1 N–H and O–H groups in total. The zero-order valence-electron chi connectivity index (χ0n) is 13.2. The zero-order valence-corrected chi connectivity index (χ0v) is 13.2. The minimum absolute atomic E-state index is 0.0761. The highest BCUT2D eigenvalue weighted by Crippen LogP contribution is 2.28. The molecule has 2 aromatic rings. The summed E-state index contributed by atoms with van der Waals surface area (Å²) in [5, 5.41) is 13.8. The van der Waals surface area contributed by atoms with E-state index in [1.54, 1.807) is 32.0 Å². The van der Waals surface area contributed by atoms with Crippen molar-refractivity contribution in [1.82, 2.24) is 0 Å². The zero-order chi connectivity index (χ0) is 17.0. The van der Waals surface area contributed by atoms with Gasteiger partial charge in [0.1, 0.15) is 0 Å². The van der Waals surface area contributed by atoms with Crippen LogP contribution >= 0.6 is 0 Å². The van der Waals surface area contributed by atoms with E-state index in [1.165, 1.54) is 12.1 Å². The molecule has 0 unspecified atom stereocenters. The molecule has 23 heavy (non-hydrogen) atoms. The Morgan fingerprint density at radius 2 is 1.74 bits per heavy atom. The van der Waals surface area contributed by atoms with Crippen molar-refractivity contribution >= 4 is 17.3 Å². The molecule has 0 saturated carbocycles. The summed E-state index contributed by atoms with van der Waals surface area (Å²) in [6.07, 6.45) is -0.863. The van der Waals surface area contributed by atoms with Gasteiger partial charge in [-0.1, -0.05) is 23.8 Å². The van der Waals surface area contributed by atoms with Crippen LogP contribution in [-0.4, -0.2) is 16.9 Å². The molecule has 0 aliphatic heterocycles. The molecule has 2 rings (SSSR count). The summed E-state index contributed by atoms with van der Waals surface area (Å²) in [7, 11) is 0. The molecule has 2 aromatic carbocycles. The molecule has 0 spiro atoms. The Morgan fingerprint density at radius 3 is 2.35 bits per heavy atom. The summed E-state index contributed by atoms with van der Waals surface area (Å²) in [4.78, 5) is 22.7. The first-order valence-corrected chi connectivity index (χ1v) is 7.16. The van der Waals surface area contributed by atoms with Gasteiger partial charge < -0.3 is 10.1 Å². The maximum Gasteiger partial charge on any atom is 0.311 e. The highest BCUT2D eigenvalue weighted by Gasteiger charge is 2.21. The molecule has 0 radical (unpaired) electrons. The predicted octanol–water partition coefficient (Wildman–Crippen LogP) is 3.62. The number of carbonyl (C=O) groups is 1. The van der Waals surface area contributed by atoms with E-state index in [9.17, 15) is 14.9 Å².